The van der Waals surface area contributed by atoms with Crippen LogP contribution in [0.2, 0.25) is 5.02 Å². The lowest BCUT2D eigenvalue weighted by Crippen LogP contribution is -2.61. The summed E-state index contributed by atoms with van der Waals surface area (Å²) in [4.78, 5) is 88.3. The largest absolute Gasteiger partial charge is 0.461 e. The Morgan fingerprint density at radius 3 is 2.41 bits per heavy atom. The SMILES string of the molecule is C[C@H]1C[C@H]2C(=O)OC[C@H](NC(=O)[C@H](Cc3ccccc3)NCOCNc3cccc(Cl)c3)C(=O)N3CCC[C@H]3C(=O)N3CCCC[C@H]3C(=O)N[C@@H](C)C(=O)N2C1. The van der Waals surface area contributed by atoms with E-state index in [-0.39, 0.29) is 44.8 Å². The van der Waals surface area contributed by atoms with Crippen molar-refractivity contribution in [1.82, 2.24) is 30.7 Å². The third-order valence-corrected chi connectivity index (χ3v) is 11.2. The number of hydrogen-bond acceptors (Lipinski definition) is 10. The van der Waals surface area contributed by atoms with E-state index in [1.807, 2.05) is 49.4 Å². The molecule has 15 nitrogen and oxygen atoms in total. The number of piperidine rings is 1. The number of rotatable bonds is 10. The summed E-state index contributed by atoms with van der Waals surface area (Å²) < 4.78 is 11.5. The first kappa shape index (κ1) is 40.9. The molecular formula is C40H52ClN7O8. The minimum absolute atomic E-state index is 0.0248. The third-order valence-electron chi connectivity index (χ3n) is 10.9. The highest BCUT2D eigenvalue weighted by atomic mass is 35.5. The normalized spacial score (nSPS) is 26.8. The molecule has 0 aliphatic carbocycles. The summed E-state index contributed by atoms with van der Waals surface area (Å²) in [7, 11) is 0. The number of esters is 1. The van der Waals surface area contributed by atoms with Crippen molar-refractivity contribution in [3.63, 3.8) is 0 Å². The molecule has 7 atom stereocenters. The summed E-state index contributed by atoms with van der Waals surface area (Å²) in [6.45, 7) is 3.95. The molecule has 16 heteroatoms. The van der Waals surface area contributed by atoms with E-state index in [1.54, 1.807) is 19.1 Å². The Hall–Kier alpha value is -4.73. The summed E-state index contributed by atoms with van der Waals surface area (Å²) in [6, 6.07) is 10.7. The number of hydrogen-bond donors (Lipinski definition) is 4. The molecule has 4 aliphatic heterocycles. The van der Waals surface area contributed by atoms with E-state index in [9.17, 15) is 28.8 Å². The fraction of sp³-hybridized carbons (Fsp3) is 0.550. The van der Waals surface area contributed by atoms with Gasteiger partial charge < -0.3 is 40.1 Å². The monoisotopic (exact) mass is 793 g/mol. The van der Waals surface area contributed by atoms with Gasteiger partial charge in [-0.05, 0) is 81.5 Å². The molecule has 4 fully saturated rings. The Balaban J connectivity index is 1.24. The van der Waals surface area contributed by atoms with E-state index in [1.165, 1.54) is 14.7 Å². The zero-order valence-corrected chi connectivity index (χ0v) is 32.7. The minimum atomic E-state index is -1.35. The molecule has 4 aliphatic rings. The maximum absolute atomic E-state index is 14.5. The van der Waals surface area contributed by atoms with Crippen molar-refractivity contribution in [3.8, 4) is 0 Å². The van der Waals surface area contributed by atoms with Crippen LogP contribution in [0.5, 0.6) is 0 Å². The van der Waals surface area contributed by atoms with E-state index in [4.69, 9.17) is 21.1 Å². The third kappa shape index (κ3) is 9.98. The fourth-order valence-electron chi connectivity index (χ4n) is 8.04. The number of halogens is 1. The molecule has 0 aromatic heterocycles. The predicted octanol–water partition coefficient (Wildman–Crippen LogP) is 2.04. The van der Waals surface area contributed by atoms with Crippen LogP contribution in [0.4, 0.5) is 5.69 Å². The molecule has 2 aromatic carbocycles. The van der Waals surface area contributed by atoms with Crippen LogP contribution in [0.3, 0.4) is 0 Å². The van der Waals surface area contributed by atoms with Crippen LogP contribution in [0, 0.1) is 5.92 Å². The van der Waals surface area contributed by atoms with Gasteiger partial charge in [0.25, 0.3) is 0 Å². The second-order valence-corrected chi connectivity index (χ2v) is 15.6. The van der Waals surface area contributed by atoms with Crippen LogP contribution >= 0.6 is 11.6 Å². The van der Waals surface area contributed by atoms with Gasteiger partial charge in [-0.15, -0.1) is 0 Å². The highest BCUT2D eigenvalue weighted by molar-refractivity contribution is 6.30. The van der Waals surface area contributed by atoms with E-state index in [0.29, 0.717) is 43.7 Å². The van der Waals surface area contributed by atoms with Gasteiger partial charge in [-0.1, -0.05) is 54.9 Å². The van der Waals surface area contributed by atoms with Crippen molar-refractivity contribution < 1.29 is 38.2 Å². The number of carbonyl (C=O) groups excluding carboxylic acids is 6. The summed E-state index contributed by atoms with van der Waals surface area (Å²) in [6.07, 6.45) is 3.34. The average molecular weight is 794 g/mol. The molecule has 0 radical (unpaired) electrons. The second-order valence-electron chi connectivity index (χ2n) is 15.1. The molecule has 0 spiro atoms. The Morgan fingerprint density at radius 2 is 1.62 bits per heavy atom. The molecule has 5 amide bonds. The van der Waals surface area contributed by atoms with E-state index in [0.717, 1.165) is 17.7 Å². The number of benzene rings is 2. The van der Waals surface area contributed by atoms with Crippen LogP contribution in [-0.4, -0.2) is 126 Å². The molecule has 6 rings (SSSR count). The van der Waals surface area contributed by atoms with Gasteiger partial charge in [0.05, 0.1) is 12.8 Å². The lowest BCUT2D eigenvalue weighted by molar-refractivity contribution is -0.158. The van der Waals surface area contributed by atoms with Crippen molar-refractivity contribution >= 4 is 52.8 Å². The fourth-order valence-corrected chi connectivity index (χ4v) is 8.23. The standard InChI is InChI=1S/C40H52ClN7O8/c1-25-18-34-40(54)56-22-31(45-35(49)30(19-27-10-4-3-5-11-27)43-24-55-23-42-29-13-8-12-28(41)20-29)38(52)47-17-9-15-33(47)39(53)46-16-7-6-14-32(46)36(50)44-26(2)37(51)48(34)21-25/h3-5,8,10-13,20,25-26,30-34,42-43H,6-7,9,14-19,21-24H2,1-2H3,(H,44,50)(H,45,49)/t25-,26-,30-,31-,32-,33-,34-/m0/s1. The van der Waals surface area contributed by atoms with Crippen LogP contribution in [0.25, 0.3) is 0 Å². The topological polar surface area (TPSA) is 179 Å². The number of ether oxygens (including phenoxy) is 2. The smallest absolute Gasteiger partial charge is 0.328 e. The predicted molar refractivity (Wildman–Crippen MR) is 207 cm³/mol. The number of cyclic esters (lactones) is 1. The molecule has 2 aromatic rings. The number of carbonyl (C=O) groups is 6. The van der Waals surface area contributed by atoms with Gasteiger partial charge in [0.2, 0.25) is 29.5 Å². The molecule has 0 bridgehead atoms. The number of fused-ring (bicyclic) bond motifs is 3. The second kappa shape index (κ2) is 18.9. The summed E-state index contributed by atoms with van der Waals surface area (Å²) in [5, 5.41) is 12.4. The van der Waals surface area contributed by atoms with Gasteiger partial charge in [0.1, 0.15) is 43.5 Å². The quantitative estimate of drug-likeness (QED) is 0.158. The van der Waals surface area contributed by atoms with E-state index >= 15 is 0 Å². The molecule has 4 N–H and O–H groups in total. The number of nitrogens with one attached hydrogen (secondary N) is 4. The number of amides is 5. The van der Waals surface area contributed by atoms with Gasteiger partial charge in [-0.25, -0.2) is 4.79 Å². The lowest BCUT2D eigenvalue weighted by Gasteiger charge is -2.39. The zero-order chi connectivity index (χ0) is 39.8. The van der Waals surface area contributed by atoms with Gasteiger partial charge >= 0.3 is 5.97 Å². The Kier molecular flexibility index (Phi) is 13.8. The first-order chi connectivity index (χ1) is 27.0. The highest BCUT2D eigenvalue weighted by Crippen LogP contribution is 2.28. The molecule has 302 valence electrons. The van der Waals surface area contributed by atoms with Crippen LogP contribution in [0.15, 0.2) is 54.6 Å². The summed E-state index contributed by atoms with van der Waals surface area (Å²) in [5.41, 5.74) is 1.61. The minimum Gasteiger partial charge on any atom is -0.461 e. The lowest BCUT2D eigenvalue weighted by atomic mass is 9.99. The maximum Gasteiger partial charge on any atom is 0.328 e. The van der Waals surface area contributed by atoms with Crippen LogP contribution < -0.4 is 21.3 Å². The Bertz CT molecular complexity index is 1750. The van der Waals surface area contributed by atoms with Crippen LogP contribution in [0.1, 0.15) is 57.9 Å². The van der Waals surface area contributed by atoms with Crippen molar-refractivity contribution in [2.75, 3.05) is 45.0 Å². The van der Waals surface area contributed by atoms with Gasteiger partial charge in [0.15, 0.2) is 0 Å². The van der Waals surface area contributed by atoms with Crippen molar-refractivity contribution in [2.45, 2.75) is 95.0 Å². The number of nitrogens with zero attached hydrogens (tertiary/aromatic N) is 3. The molecule has 0 unspecified atom stereocenters. The molecule has 0 saturated carbocycles. The van der Waals surface area contributed by atoms with Crippen molar-refractivity contribution in [2.24, 2.45) is 5.92 Å². The van der Waals surface area contributed by atoms with E-state index < -0.39 is 72.5 Å². The van der Waals surface area contributed by atoms with Gasteiger partial charge in [-0.3, -0.25) is 29.3 Å². The number of anilines is 1. The molecule has 4 heterocycles. The van der Waals surface area contributed by atoms with Crippen LogP contribution in [-0.2, 0) is 44.7 Å². The maximum atomic E-state index is 14.5. The zero-order valence-electron chi connectivity index (χ0n) is 31.9. The Labute approximate surface area is 332 Å². The first-order valence-electron chi connectivity index (χ1n) is 19.5. The van der Waals surface area contributed by atoms with E-state index in [2.05, 4.69) is 21.3 Å². The summed E-state index contributed by atoms with van der Waals surface area (Å²) >= 11 is 6.08. The first-order valence-corrected chi connectivity index (χ1v) is 19.9. The molecular weight excluding hydrogens is 742 g/mol. The van der Waals surface area contributed by atoms with Gasteiger partial charge in [0, 0.05) is 30.3 Å². The summed E-state index contributed by atoms with van der Waals surface area (Å²) in [5.74, 6) is -3.10. The van der Waals surface area contributed by atoms with Crippen molar-refractivity contribution in [1.29, 1.82) is 0 Å². The average Bonchev–Trinajstić information content (AvgIpc) is 3.85. The van der Waals surface area contributed by atoms with Crippen molar-refractivity contribution in [3.05, 3.63) is 65.2 Å². The molecule has 56 heavy (non-hydrogen) atoms. The molecule has 4 saturated heterocycles. The van der Waals surface area contributed by atoms with Gasteiger partial charge in [-0.2, -0.15) is 0 Å². The highest BCUT2D eigenvalue weighted by Gasteiger charge is 2.46. The Morgan fingerprint density at radius 1 is 0.875 bits per heavy atom.